The van der Waals surface area contributed by atoms with E-state index in [1.807, 2.05) is 0 Å². The molecule has 0 fully saturated rings. The number of hydrogen-bond donors (Lipinski definition) is 1. The first kappa shape index (κ1) is 13.7. The number of anilines is 1. The van der Waals surface area contributed by atoms with E-state index in [-0.39, 0.29) is 5.82 Å². The van der Waals surface area contributed by atoms with Crippen LogP contribution in [0.3, 0.4) is 0 Å². The Hall–Kier alpha value is -0.740. The van der Waals surface area contributed by atoms with Crippen molar-refractivity contribution in [1.29, 1.82) is 0 Å². The molecule has 18 heavy (non-hydrogen) atoms. The van der Waals surface area contributed by atoms with E-state index in [0.717, 1.165) is 18.1 Å². The molecule has 98 valence electrons. The lowest BCUT2D eigenvalue weighted by Gasteiger charge is -2.12. The fourth-order valence-electron chi connectivity index (χ4n) is 1.86. The molecule has 0 bridgehead atoms. The first-order chi connectivity index (χ1) is 8.56. The topological polar surface area (TPSA) is 24.4 Å². The van der Waals surface area contributed by atoms with Gasteiger partial charge in [0.15, 0.2) is 5.17 Å². The van der Waals surface area contributed by atoms with Crippen LogP contribution in [-0.2, 0) is 0 Å². The minimum absolute atomic E-state index is 0.315. The molecule has 1 aromatic carbocycles. The number of rotatable bonds is 3. The van der Waals surface area contributed by atoms with E-state index in [2.05, 4.69) is 24.2 Å². The lowest BCUT2D eigenvalue weighted by molar-refractivity contribution is 0.575. The van der Waals surface area contributed by atoms with Crippen molar-refractivity contribution in [2.75, 3.05) is 11.9 Å². The molecule has 0 aliphatic carbocycles. The van der Waals surface area contributed by atoms with Crippen molar-refractivity contribution in [3.8, 4) is 0 Å². The molecule has 2 nitrogen and oxygen atoms in total. The number of halogens is 2. The van der Waals surface area contributed by atoms with Gasteiger partial charge in [0, 0.05) is 5.25 Å². The Morgan fingerprint density at radius 3 is 3.00 bits per heavy atom. The number of benzene rings is 1. The number of hydrogen-bond acceptors (Lipinski definition) is 3. The maximum atomic E-state index is 13.6. The zero-order valence-electron chi connectivity index (χ0n) is 10.4. The molecule has 2 rings (SSSR count). The van der Waals surface area contributed by atoms with Gasteiger partial charge in [0.2, 0.25) is 0 Å². The molecule has 1 heterocycles. The van der Waals surface area contributed by atoms with Crippen LogP contribution in [0.25, 0.3) is 0 Å². The second kappa shape index (κ2) is 5.93. The predicted molar refractivity (Wildman–Crippen MR) is 78.2 cm³/mol. The van der Waals surface area contributed by atoms with Gasteiger partial charge >= 0.3 is 0 Å². The SMILES string of the molecule is CC(C)CC1CN=C(Nc2c(F)cccc2Cl)S1. The molecule has 1 unspecified atom stereocenters. The summed E-state index contributed by atoms with van der Waals surface area (Å²) >= 11 is 7.63. The molecular formula is C13H16ClFN2S. The Kier molecular flexibility index (Phi) is 4.51. The third-order valence-electron chi connectivity index (χ3n) is 2.65. The molecule has 1 atom stereocenters. The molecule has 5 heteroatoms. The van der Waals surface area contributed by atoms with Crippen LogP contribution in [-0.4, -0.2) is 17.0 Å². The number of para-hydroxylation sites is 1. The van der Waals surface area contributed by atoms with Gasteiger partial charge in [-0.25, -0.2) is 4.39 Å². The summed E-state index contributed by atoms with van der Waals surface area (Å²) < 4.78 is 13.6. The molecule has 0 radical (unpaired) electrons. The van der Waals surface area contributed by atoms with Crippen LogP contribution < -0.4 is 5.32 Å². The summed E-state index contributed by atoms with van der Waals surface area (Å²) in [7, 11) is 0. The van der Waals surface area contributed by atoms with Gasteiger partial charge in [-0.15, -0.1) is 0 Å². The number of nitrogens with one attached hydrogen (secondary N) is 1. The van der Waals surface area contributed by atoms with Crippen molar-refractivity contribution in [3.05, 3.63) is 29.0 Å². The van der Waals surface area contributed by atoms with Crippen molar-refractivity contribution in [2.45, 2.75) is 25.5 Å². The fourth-order valence-corrected chi connectivity index (χ4v) is 3.32. The van der Waals surface area contributed by atoms with E-state index in [1.165, 1.54) is 6.07 Å². The van der Waals surface area contributed by atoms with E-state index in [1.54, 1.807) is 23.9 Å². The van der Waals surface area contributed by atoms with Crippen molar-refractivity contribution < 1.29 is 4.39 Å². The summed E-state index contributed by atoms with van der Waals surface area (Å²) in [4.78, 5) is 4.39. The highest BCUT2D eigenvalue weighted by Gasteiger charge is 2.21. The van der Waals surface area contributed by atoms with Crippen LogP contribution in [0.2, 0.25) is 5.02 Å². The Morgan fingerprint density at radius 2 is 2.33 bits per heavy atom. The Bertz CT molecular complexity index is 442. The highest BCUT2D eigenvalue weighted by molar-refractivity contribution is 8.15. The summed E-state index contributed by atoms with van der Waals surface area (Å²) in [6.07, 6.45) is 1.12. The Balaban J connectivity index is 1.99. The molecule has 1 N–H and O–H groups in total. The summed E-state index contributed by atoms with van der Waals surface area (Å²) in [5.41, 5.74) is 0.315. The van der Waals surface area contributed by atoms with Crippen LogP contribution in [0.5, 0.6) is 0 Å². The zero-order chi connectivity index (χ0) is 13.1. The van der Waals surface area contributed by atoms with Gasteiger partial charge in [0.05, 0.1) is 17.3 Å². The van der Waals surface area contributed by atoms with Crippen molar-refractivity contribution in [3.63, 3.8) is 0 Å². The van der Waals surface area contributed by atoms with Gasteiger partial charge in [-0.2, -0.15) is 0 Å². The average Bonchev–Trinajstić information content (AvgIpc) is 2.70. The largest absolute Gasteiger partial charge is 0.331 e. The van der Waals surface area contributed by atoms with Crippen molar-refractivity contribution >= 4 is 34.2 Å². The smallest absolute Gasteiger partial charge is 0.161 e. The van der Waals surface area contributed by atoms with Gasteiger partial charge in [-0.1, -0.05) is 43.3 Å². The molecular weight excluding hydrogens is 271 g/mol. The fraction of sp³-hybridized carbons (Fsp3) is 0.462. The highest BCUT2D eigenvalue weighted by Crippen LogP contribution is 2.30. The summed E-state index contributed by atoms with van der Waals surface area (Å²) in [6.45, 7) is 5.18. The highest BCUT2D eigenvalue weighted by atomic mass is 35.5. The predicted octanol–water partition coefficient (Wildman–Crippen LogP) is 4.41. The average molecular weight is 287 g/mol. The third kappa shape index (κ3) is 3.39. The van der Waals surface area contributed by atoms with Crippen LogP contribution in [0, 0.1) is 11.7 Å². The molecule has 0 saturated carbocycles. The second-order valence-corrected chi connectivity index (χ2v) is 6.43. The normalized spacial score (nSPS) is 19.2. The number of aliphatic imine (C=N–C) groups is 1. The van der Waals surface area contributed by atoms with Gasteiger partial charge in [0.25, 0.3) is 0 Å². The number of nitrogens with zero attached hydrogens (tertiary/aromatic N) is 1. The molecule has 1 aliphatic rings. The van der Waals surface area contributed by atoms with E-state index < -0.39 is 0 Å². The van der Waals surface area contributed by atoms with Crippen molar-refractivity contribution in [1.82, 2.24) is 0 Å². The lowest BCUT2D eigenvalue weighted by atomic mass is 10.1. The second-order valence-electron chi connectivity index (χ2n) is 4.74. The standard InChI is InChI=1S/C13H16ClFN2S/c1-8(2)6-9-7-16-13(18-9)17-12-10(14)4-3-5-11(12)15/h3-5,8-9H,6-7H2,1-2H3,(H,16,17). The quantitative estimate of drug-likeness (QED) is 0.890. The number of amidine groups is 1. The third-order valence-corrected chi connectivity index (χ3v) is 4.09. The molecule has 1 aromatic rings. The number of thioether (sulfide) groups is 1. The van der Waals surface area contributed by atoms with Gasteiger partial charge in [0.1, 0.15) is 5.82 Å². The first-order valence-electron chi connectivity index (χ1n) is 5.98. The van der Waals surface area contributed by atoms with Crippen LogP contribution >= 0.6 is 23.4 Å². The lowest BCUT2D eigenvalue weighted by Crippen LogP contribution is -2.10. The minimum atomic E-state index is -0.349. The summed E-state index contributed by atoms with van der Waals surface area (Å²) in [5.74, 6) is 0.298. The van der Waals surface area contributed by atoms with E-state index in [0.29, 0.717) is 21.9 Å². The molecule has 0 aromatic heterocycles. The maximum Gasteiger partial charge on any atom is 0.161 e. The van der Waals surface area contributed by atoms with E-state index in [4.69, 9.17) is 11.6 Å². The van der Waals surface area contributed by atoms with Crippen LogP contribution in [0.1, 0.15) is 20.3 Å². The van der Waals surface area contributed by atoms with Gasteiger partial charge in [-0.3, -0.25) is 4.99 Å². The van der Waals surface area contributed by atoms with Crippen LogP contribution in [0.4, 0.5) is 10.1 Å². The molecule has 0 amide bonds. The Labute approximate surface area is 116 Å². The first-order valence-corrected chi connectivity index (χ1v) is 7.24. The summed E-state index contributed by atoms with van der Waals surface area (Å²) in [6, 6.07) is 4.65. The summed E-state index contributed by atoms with van der Waals surface area (Å²) in [5, 5.41) is 4.61. The molecule has 0 saturated heterocycles. The van der Waals surface area contributed by atoms with Gasteiger partial charge in [-0.05, 0) is 24.5 Å². The van der Waals surface area contributed by atoms with Crippen molar-refractivity contribution in [2.24, 2.45) is 10.9 Å². The monoisotopic (exact) mass is 286 g/mol. The van der Waals surface area contributed by atoms with Crippen LogP contribution in [0.15, 0.2) is 23.2 Å². The maximum absolute atomic E-state index is 13.6. The molecule has 0 spiro atoms. The van der Waals surface area contributed by atoms with Gasteiger partial charge < -0.3 is 5.32 Å². The van der Waals surface area contributed by atoms with E-state index >= 15 is 0 Å². The molecule has 1 aliphatic heterocycles. The minimum Gasteiger partial charge on any atom is -0.331 e. The Morgan fingerprint density at radius 1 is 1.56 bits per heavy atom. The van der Waals surface area contributed by atoms with E-state index in [9.17, 15) is 4.39 Å². The zero-order valence-corrected chi connectivity index (χ0v) is 12.0.